The molecule has 1 aromatic carbocycles. The predicted molar refractivity (Wildman–Crippen MR) is 78.9 cm³/mol. The number of rotatable bonds is 4. The normalized spacial score (nSPS) is 11.5. The number of hydrogen-bond donors (Lipinski definition) is 4. The van der Waals surface area contributed by atoms with E-state index in [0.717, 1.165) is 5.52 Å². The van der Waals surface area contributed by atoms with Crippen LogP contribution in [0.3, 0.4) is 0 Å². The number of nitrogens with two attached hydrogens (primary N) is 1. The summed E-state index contributed by atoms with van der Waals surface area (Å²) in [7, 11) is -3.85. The van der Waals surface area contributed by atoms with Crippen LogP contribution in [-0.2, 0) is 10.0 Å². The Hall–Kier alpha value is -2.65. The van der Waals surface area contributed by atoms with Crippen molar-refractivity contribution in [2.24, 2.45) is 5.84 Å². The lowest BCUT2D eigenvalue weighted by atomic mass is 10.3. The van der Waals surface area contributed by atoms with Crippen molar-refractivity contribution < 1.29 is 8.42 Å². The van der Waals surface area contributed by atoms with Gasteiger partial charge in [0.15, 0.2) is 0 Å². The largest absolute Gasteiger partial charge is 0.323 e. The van der Waals surface area contributed by atoms with Crippen LogP contribution in [0.5, 0.6) is 0 Å². The second-order valence-electron chi connectivity index (χ2n) is 4.22. The Kier molecular flexibility index (Phi) is 3.20. The number of para-hydroxylation sites is 2. The molecule has 3 rings (SSSR count). The highest BCUT2D eigenvalue weighted by Crippen LogP contribution is 2.22. The van der Waals surface area contributed by atoms with Gasteiger partial charge in [-0.25, -0.2) is 18.1 Å². The van der Waals surface area contributed by atoms with Crippen LogP contribution in [0.1, 0.15) is 0 Å². The van der Waals surface area contributed by atoms with Crippen LogP contribution in [0.2, 0.25) is 0 Å². The van der Waals surface area contributed by atoms with Gasteiger partial charge < -0.3 is 10.4 Å². The first kappa shape index (κ1) is 13.3. The molecule has 2 aromatic heterocycles. The van der Waals surface area contributed by atoms with Gasteiger partial charge in [0.2, 0.25) is 5.95 Å². The van der Waals surface area contributed by atoms with Crippen LogP contribution in [-0.4, -0.2) is 23.4 Å². The number of fused-ring (bicyclic) bond motifs is 1. The summed E-state index contributed by atoms with van der Waals surface area (Å²) in [5, 5.41) is 0. The third-order valence-corrected chi connectivity index (χ3v) is 4.22. The van der Waals surface area contributed by atoms with Crippen LogP contribution in [0.25, 0.3) is 11.0 Å². The zero-order valence-electron chi connectivity index (χ0n) is 10.7. The lowest BCUT2D eigenvalue weighted by molar-refractivity contribution is 0.600. The first-order valence-corrected chi connectivity index (χ1v) is 7.47. The predicted octanol–water partition coefficient (Wildman–Crippen LogP) is 1.04. The molecule has 0 aliphatic rings. The number of aromatic nitrogens is 3. The molecule has 0 saturated heterocycles. The number of nitrogen functional groups attached to an aromatic ring is 1. The van der Waals surface area contributed by atoms with Gasteiger partial charge in [0.25, 0.3) is 10.0 Å². The summed E-state index contributed by atoms with van der Waals surface area (Å²) in [6.45, 7) is 0. The number of anilines is 2. The van der Waals surface area contributed by atoms with Gasteiger partial charge in [-0.3, -0.25) is 10.8 Å². The molecule has 0 fully saturated rings. The van der Waals surface area contributed by atoms with E-state index in [9.17, 15) is 8.42 Å². The van der Waals surface area contributed by atoms with E-state index in [2.05, 4.69) is 25.1 Å². The Labute approximate surface area is 120 Å². The molecule has 0 bridgehead atoms. The van der Waals surface area contributed by atoms with Crippen molar-refractivity contribution in [2.75, 3.05) is 10.1 Å². The number of pyridine rings is 1. The average molecular weight is 304 g/mol. The molecule has 5 N–H and O–H groups in total. The molecule has 0 atom stereocenters. The Morgan fingerprint density at radius 2 is 2.00 bits per heavy atom. The Bertz CT molecular complexity index is 856. The number of H-pyrrole nitrogens is 1. The van der Waals surface area contributed by atoms with Crippen LogP contribution in [0.4, 0.5) is 11.6 Å². The molecule has 0 spiro atoms. The molecule has 108 valence electrons. The maximum Gasteiger partial charge on any atom is 0.267 e. The average Bonchev–Trinajstić information content (AvgIpc) is 2.88. The van der Waals surface area contributed by atoms with Crippen molar-refractivity contribution in [2.45, 2.75) is 4.90 Å². The number of hydrogen-bond acceptors (Lipinski definition) is 6. The van der Waals surface area contributed by atoms with E-state index in [-0.39, 0.29) is 16.5 Å². The summed E-state index contributed by atoms with van der Waals surface area (Å²) in [4.78, 5) is 10.8. The lowest BCUT2D eigenvalue weighted by Gasteiger charge is -2.09. The highest BCUT2D eigenvalue weighted by atomic mass is 32.2. The smallest absolute Gasteiger partial charge is 0.267 e. The molecular formula is C12H12N6O2S. The van der Waals surface area contributed by atoms with E-state index in [1.54, 1.807) is 12.1 Å². The summed E-state index contributed by atoms with van der Waals surface area (Å²) in [6.07, 6.45) is 2.65. The second kappa shape index (κ2) is 5.04. The number of imidazole rings is 1. The lowest BCUT2D eigenvalue weighted by Crippen LogP contribution is -2.18. The first-order valence-electron chi connectivity index (χ1n) is 5.98. The SMILES string of the molecule is NNc1ccncc1S(=O)(=O)Nc1nc2ccccc2[nH]1. The Morgan fingerprint density at radius 1 is 1.19 bits per heavy atom. The summed E-state index contributed by atoms with van der Waals surface area (Å²) >= 11 is 0. The summed E-state index contributed by atoms with van der Waals surface area (Å²) in [6, 6.07) is 8.69. The van der Waals surface area contributed by atoms with Crippen molar-refractivity contribution in [3.05, 3.63) is 42.7 Å². The number of hydrazine groups is 1. The zero-order chi connectivity index (χ0) is 14.9. The molecule has 2 heterocycles. The molecule has 0 amide bonds. The van der Waals surface area contributed by atoms with Gasteiger partial charge in [-0.15, -0.1) is 0 Å². The van der Waals surface area contributed by atoms with Gasteiger partial charge in [-0.05, 0) is 18.2 Å². The van der Waals surface area contributed by atoms with Gasteiger partial charge >= 0.3 is 0 Å². The third-order valence-electron chi connectivity index (χ3n) is 2.85. The molecule has 0 saturated carbocycles. The Morgan fingerprint density at radius 3 is 2.76 bits per heavy atom. The molecule has 21 heavy (non-hydrogen) atoms. The highest BCUT2D eigenvalue weighted by Gasteiger charge is 2.20. The fourth-order valence-electron chi connectivity index (χ4n) is 1.90. The molecule has 0 aliphatic carbocycles. The van der Waals surface area contributed by atoms with E-state index in [4.69, 9.17) is 5.84 Å². The van der Waals surface area contributed by atoms with Crippen molar-refractivity contribution >= 4 is 32.7 Å². The quantitative estimate of drug-likeness (QED) is 0.421. The van der Waals surface area contributed by atoms with E-state index < -0.39 is 10.0 Å². The molecule has 3 aromatic rings. The fraction of sp³-hybridized carbons (Fsp3) is 0. The topological polar surface area (TPSA) is 126 Å². The summed E-state index contributed by atoms with van der Waals surface area (Å²) in [5.41, 5.74) is 3.97. The summed E-state index contributed by atoms with van der Waals surface area (Å²) in [5.74, 6) is 5.44. The van der Waals surface area contributed by atoms with Crippen LogP contribution in [0, 0.1) is 0 Å². The zero-order valence-corrected chi connectivity index (χ0v) is 11.6. The summed E-state index contributed by atoms with van der Waals surface area (Å²) < 4.78 is 27.1. The molecule has 8 nitrogen and oxygen atoms in total. The van der Waals surface area contributed by atoms with Gasteiger partial charge in [0.1, 0.15) is 4.90 Å². The highest BCUT2D eigenvalue weighted by molar-refractivity contribution is 7.92. The van der Waals surface area contributed by atoms with E-state index >= 15 is 0 Å². The van der Waals surface area contributed by atoms with Gasteiger partial charge in [0.05, 0.1) is 16.7 Å². The van der Waals surface area contributed by atoms with Crippen LogP contribution >= 0.6 is 0 Å². The van der Waals surface area contributed by atoms with Gasteiger partial charge in [-0.1, -0.05) is 12.1 Å². The second-order valence-corrected chi connectivity index (χ2v) is 5.88. The maximum atomic E-state index is 12.4. The van der Waals surface area contributed by atoms with Crippen molar-refractivity contribution in [3.63, 3.8) is 0 Å². The van der Waals surface area contributed by atoms with Gasteiger partial charge in [-0.2, -0.15) is 0 Å². The first-order chi connectivity index (χ1) is 10.1. The molecule has 9 heteroatoms. The number of nitrogens with one attached hydrogen (secondary N) is 3. The third kappa shape index (κ3) is 2.51. The minimum Gasteiger partial charge on any atom is -0.323 e. The fourth-order valence-corrected chi connectivity index (χ4v) is 2.97. The number of sulfonamides is 1. The van der Waals surface area contributed by atoms with Crippen molar-refractivity contribution in [3.8, 4) is 0 Å². The number of aromatic amines is 1. The van der Waals surface area contributed by atoms with Gasteiger partial charge in [0, 0.05) is 12.4 Å². The molecule has 0 aliphatic heterocycles. The Balaban J connectivity index is 1.99. The standard InChI is InChI=1S/C12H12N6O2S/c13-17-10-5-6-14-7-11(10)21(19,20)18-12-15-8-3-1-2-4-9(8)16-12/h1-7H,13H2,(H,14,17)(H2,15,16,18). The molecule has 0 unspecified atom stereocenters. The van der Waals surface area contributed by atoms with Crippen molar-refractivity contribution in [1.82, 2.24) is 15.0 Å². The van der Waals surface area contributed by atoms with Crippen LogP contribution in [0.15, 0.2) is 47.6 Å². The minimum absolute atomic E-state index is 0.0621. The number of nitrogens with zero attached hydrogens (tertiary/aromatic N) is 2. The van der Waals surface area contributed by atoms with E-state index in [0.29, 0.717) is 5.52 Å². The molecular weight excluding hydrogens is 292 g/mol. The minimum atomic E-state index is -3.85. The van der Waals surface area contributed by atoms with Crippen molar-refractivity contribution in [1.29, 1.82) is 0 Å². The van der Waals surface area contributed by atoms with E-state index in [1.807, 2.05) is 12.1 Å². The molecule has 0 radical (unpaired) electrons. The maximum absolute atomic E-state index is 12.4. The van der Waals surface area contributed by atoms with E-state index in [1.165, 1.54) is 18.5 Å². The monoisotopic (exact) mass is 304 g/mol. The van der Waals surface area contributed by atoms with Crippen LogP contribution < -0.4 is 16.0 Å². The number of benzene rings is 1.